The van der Waals surface area contributed by atoms with Crippen LogP contribution in [0.2, 0.25) is 0 Å². The minimum absolute atomic E-state index is 0.190. The van der Waals surface area contributed by atoms with Crippen molar-refractivity contribution < 1.29 is 27.2 Å². The molecule has 3 heterocycles. The topological polar surface area (TPSA) is 124 Å². The van der Waals surface area contributed by atoms with Crippen molar-refractivity contribution >= 4 is 22.2 Å². The highest BCUT2D eigenvalue weighted by Crippen LogP contribution is 2.28. The fourth-order valence-corrected chi connectivity index (χ4v) is 4.52. The van der Waals surface area contributed by atoms with Gasteiger partial charge in [-0.3, -0.25) is 4.90 Å². The first-order valence-corrected chi connectivity index (χ1v) is 11.0. The molecule has 3 rings (SSSR count). The number of esters is 1. The predicted octanol–water partition coefficient (Wildman–Crippen LogP) is -0.125. The number of ether oxygens (including phenoxy) is 1. The fraction of sp³-hybridized carbons (Fsp3) is 0.556. The molecule has 1 saturated heterocycles. The number of hydrogen-bond donors (Lipinski definition) is 2. The lowest BCUT2D eigenvalue weighted by Crippen LogP contribution is -2.54. The Balaban J connectivity index is 1.81. The number of nitrogens with one attached hydrogen (secondary N) is 2. The summed E-state index contributed by atoms with van der Waals surface area (Å²) >= 11 is 0. The van der Waals surface area contributed by atoms with Gasteiger partial charge in [-0.1, -0.05) is 0 Å². The molecule has 2 amide bonds. The largest absolute Gasteiger partial charge is 0.467 e. The molecule has 1 unspecified atom stereocenters. The monoisotopic (exact) mass is 441 g/mol. The second-order valence-electron chi connectivity index (χ2n) is 7.12. The molecule has 0 aromatic carbocycles. The van der Waals surface area contributed by atoms with Gasteiger partial charge < -0.3 is 19.8 Å². The zero-order valence-electron chi connectivity index (χ0n) is 17.3. The third kappa shape index (κ3) is 4.67. The van der Waals surface area contributed by atoms with Crippen molar-refractivity contribution in [2.75, 3.05) is 53.4 Å². The average molecular weight is 442 g/mol. The average Bonchev–Trinajstić information content (AvgIpc) is 3.22. The Morgan fingerprint density at radius 2 is 2.00 bits per heavy atom. The van der Waals surface area contributed by atoms with E-state index in [0.717, 1.165) is 0 Å². The summed E-state index contributed by atoms with van der Waals surface area (Å²) in [7, 11) is -0.478. The maximum Gasteiger partial charge on any atom is 0.338 e. The van der Waals surface area contributed by atoms with E-state index < -0.39 is 28.3 Å². The summed E-state index contributed by atoms with van der Waals surface area (Å²) in [6.45, 7) is 3.72. The highest BCUT2D eigenvalue weighted by Gasteiger charge is 2.36. The molecule has 0 bridgehead atoms. The van der Waals surface area contributed by atoms with Crippen LogP contribution in [-0.4, -0.2) is 87.4 Å². The van der Waals surface area contributed by atoms with Gasteiger partial charge in [0.2, 0.25) is 0 Å². The van der Waals surface area contributed by atoms with Crippen molar-refractivity contribution in [2.24, 2.45) is 0 Å². The Kier molecular flexibility index (Phi) is 6.81. The van der Waals surface area contributed by atoms with Gasteiger partial charge in [-0.25, -0.2) is 9.59 Å². The van der Waals surface area contributed by atoms with Gasteiger partial charge in [0.05, 0.1) is 18.4 Å². The number of urea groups is 1. The van der Waals surface area contributed by atoms with Gasteiger partial charge in [0.25, 0.3) is 10.2 Å². The molecule has 2 N–H and O–H groups in total. The van der Waals surface area contributed by atoms with Gasteiger partial charge in [-0.15, -0.1) is 0 Å². The minimum atomic E-state index is -3.47. The van der Waals surface area contributed by atoms with Crippen LogP contribution in [0.4, 0.5) is 4.79 Å². The van der Waals surface area contributed by atoms with E-state index in [1.54, 1.807) is 19.1 Å². The third-order valence-corrected chi connectivity index (χ3v) is 6.92. The molecule has 1 fully saturated rings. The van der Waals surface area contributed by atoms with E-state index in [-0.39, 0.29) is 18.7 Å². The molecule has 1 aromatic heterocycles. The zero-order chi connectivity index (χ0) is 21.9. The highest BCUT2D eigenvalue weighted by atomic mass is 32.2. The van der Waals surface area contributed by atoms with E-state index >= 15 is 0 Å². The summed E-state index contributed by atoms with van der Waals surface area (Å²) in [6, 6.07) is 2.14. The van der Waals surface area contributed by atoms with Crippen LogP contribution in [0.1, 0.15) is 18.7 Å². The standard InChI is InChI=1S/C18H27N5O6S/c1-4-28-17(24)15-13(19-18(25)20-16(15)14-6-5-11-29-14)12-22-7-9-23(10-8-22)30(26,27)21(2)3/h5-6,11,16H,4,7-10,12H2,1-3H3,(H2,19,20,25). The number of rotatable bonds is 7. The lowest BCUT2D eigenvalue weighted by Gasteiger charge is -2.36. The maximum absolute atomic E-state index is 12.7. The predicted molar refractivity (Wildman–Crippen MR) is 107 cm³/mol. The molecule has 12 heteroatoms. The molecule has 11 nitrogen and oxygen atoms in total. The zero-order valence-corrected chi connectivity index (χ0v) is 18.1. The van der Waals surface area contributed by atoms with Gasteiger partial charge in [0.15, 0.2) is 0 Å². The first-order valence-electron chi connectivity index (χ1n) is 9.65. The molecule has 0 radical (unpaired) electrons. The Morgan fingerprint density at radius 1 is 1.30 bits per heavy atom. The van der Waals surface area contributed by atoms with E-state index in [1.165, 1.54) is 29.0 Å². The SMILES string of the molecule is CCOC(=O)C1=C(CN2CCN(S(=O)(=O)N(C)C)CC2)NC(=O)NC1c1ccco1. The van der Waals surface area contributed by atoms with Crippen LogP contribution in [0.3, 0.4) is 0 Å². The molecule has 2 aliphatic rings. The quantitative estimate of drug-likeness (QED) is 0.565. The second kappa shape index (κ2) is 9.16. The van der Waals surface area contributed by atoms with E-state index in [4.69, 9.17) is 9.15 Å². The first-order chi connectivity index (χ1) is 14.2. The normalized spacial score (nSPS) is 21.5. The Morgan fingerprint density at radius 3 is 2.57 bits per heavy atom. The summed E-state index contributed by atoms with van der Waals surface area (Å²) in [5.41, 5.74) is 0.692. The minimum Gasteiger partial charge on any atom is -0.467 e. The van der Waals surface area contributed by atoms with Crippen molar-refractivity contribution in [1.82, 2.24) is 24.1 Å². The van der Waals surface area contributed by atoms with Crippen molar-refractivity contribution in [3.63, 3.8) is 0 Å². The van der Waals surface area contributed by atoms with Crippen LogP contribution in [0, 0.1) is 0 Å². The highest BCUT2D eigenvalue weighted by molar-refractivity contribution is 7.86. The molecule has 0 spiro atoms. The van der Waals surface area contributed by atoms with E-state index in [0.29, 0.717) is 37.6 Å². The van der Waals surface area contributed by atoms with Crippen LogP contribution in [0.25, 0.3) is 0 Å². The lowest BCUT2D eigenvalue weighted by atomic mass is 9.99. The molecular weight excluding hydrogens is 414 g/mol. The molecule has 2 aliphatic heterocycles. The summed E-state index contributed by atoms with van der Waals surface area (Å²) < 4.78 is 37.8. The van der Waals surface area contributed by atoms with Crippen molar-refractivity contribution in [3.8, 4) is 0 Å². The number of furan rings is 1. The van der Waals surface area contributed by atoms with E-state index in [1.807, 2.05) is 4.90 Å². The molecule has 1 aromatic rings. The Labute approximate surface area is 175 Å². The van der Waals surface area contributed by atoms with Crippen molar-refractivity contribution in [1.29, 1.82) is 0 Å². The third-order valence-electron chi connectivity index (χ3n) is 4.98. The van der Waals surface area contributed by atoms with Crippen LogP contribution in [-0.2, 0) is 19.7 Å². The smallest absolute Gasteiger partial charge is 0.338 e. The molecule has 1 atom stereocenters. The van der Waals surface area contributed by atoms with Crippen LogP contribution in [0.15, 0.2) is 34.1 Å². The van der Waals surface area contributed by atoms with E-state index in [9.17, 15) is 18.0 Å². The van der Waals surface area contributed by atoms with E-state index in [2.05, 4.69) is 10.6 Å². The molecule has 0 aliphatic carbocycles. The van der Waals surface area contributed by atoms with Crippen LogP contribution >= 0.6 is 0 Å². The maximum atomic E-state index is 12.7. The molecular formula is C18H27N5O6S. The van der Waals surface area contributed by atoms with Crippen molar-refractivity contribution in [3.05, 3.63) is 35.4 Å². The van der Waals surface area contributed by atoms with Gasteiger partial charge in [0.1, 0.15) is 11.8 Å². The first kappa shape index (κ1) is 22.3. The second-order valence-corrected chi connectivity index (χ2v) is 9.27. The summed E-state index contributed by atoms with van der Waals surface area (Å²) in [5, 5.41) is 5.41. The van der Waals surface area contributed by atoms with Gasteiger partial charge in [0, 0.05) is 52.5 Å². The number of hydrogen-bond acceptors (Lipinski definition) is 7. The molecule has 0 saturated carbocycles. The number of amides is 2. The molecule has 30 heavy (non-hydrogen) atoms. The van der Waals surface area contributed by atoms with Crippen LogP contribution in [0.5, 0.6) is 0 Å². The number of carbonyl (C=O) groups excluding carboxylic acids is 2. The van der Waals surface area contributed by atoms with Gasteiger partial charge in [-0.05, 0) is 19.1 Å². The Bertz CT molecular complexity index is 904. The number of carbonyl (C=O) groups is 2. The molecule has 166 valence electrons. The fourth-order valence-electron chi connectivity index (χ4n) is 3.43. The lowest BCUT2D eigenvalue weighted by molar-refractivity contribution is -0.139. The van der Waals surface area contributed by atoms with Crippen molar-refractivity contribution in [2.45, 2.75) is 13.0 Å². The number of piperazine rings is 1. The summed E-state index contributed by atoms with van der Waals surface area (Å²) in [4.78, 5) is 26.9. The van der Waals surface area contributed by atoms with Gasteiger partial charge >= 0.3 is 12.0 Å². The summed E-state index contributed by atoms with van der Waals surface area (Å²) in [5.74, 6) is -0.123. The summed E-state index contributed by atoms with van der Waals surface area (Å²) in [6.07, 6.45) is 1.47. The Hall–Kier alpha value is -2.41. The number of nitrogens with zero attached hydrogens (tertiary/aromatic N) is 3. The van der Waals surface area contributed by atoms with Crippen LogP contribution < -0.4 is 10.6 Å². The van der Waals surface area contributed by atoms with Gasteiger partial charge in [-0.2, -0.15) is 17.0 Å².